The van der Waals surface area contributed by atoms with Crippen molar-refractivity contribution in [2.24, 2.45) is 0 Å². The van der Waals surface area contributed by atoms with Crippen molar-refractivity contribution in [2.75, 3.05) is 4.90 Å². The molecule has 11 rings (SSSR count). The highest BCUT2D eigenvalue weighted by atomic mass is 32.2. The number of nitrogens with zero attached hydrogens (tertiary/aromatic N) is 1. The number of benzene rings is 9. The quantitative estimate of drug-likeness (QED) is 0.174. The van der Waals surface area contributed by atoms with Gasteiger partial charge in [-0.05, 0) is 91.7 Å². The number of anilines is 3. The van der Waals surface area contributed by atoms with Crippen molar-refractivity contribution in [3.05, 3.63) is 235 Å². The van der Waals surface area contributed by atoms with Gasteiger partial charge >= 0.3 is 0 Å². The molecule has 0 bridgehead atoms. The van der Waals surface area contributed by atoms with Crippen molar-refractivity contribution in [2.45, 2.75) is 15.2 Å². The van der Waals surface area contributed by atoms with Gasteiger partial charge < -0.3 is 4.90 Å². The van der Waals surface area contributed by atoms with E-state index in [0.717, 1.165) is 17.1 Å². The van der Waals surface area contributed by atoms with E-state index < -0.39 is 5.41 Å². The van der Waals surface area contributed by atoms with E-state index in [4.69, 9.17) is 0 Å². The lowest BCUT2D eigenvalue weighted by Crippen LogP contribution is -2.32. The summed E-state index contributed by atoms with van der Waals surface area (Å²) in [6.45, 7) is 0. The van der Waals surface area contributed by atoms with Gasteiger partial charge in [0.2, 0.25) is 0 Å². The normalized spacial score (nSPS) is 13.2. The summed E-state index contributed by atoms with van der Waals surface area (Å²) in [6, 6.07) is 78.3. The number of rotatable bonds is 5. The van der Waals surface area contributed by atoms with Crippen LogP contribution in [-0.2, 0) is 5.41 Å². The Morgan fingerprint density at radius 2 is 0.891 bits per heavy atom. The largest absolute Gasteiger partial charge is 0.309 e. The summed E-state index contributed by atoms with van der Waals surface area (Å²) in [5, 5.41) is 2.52. The fraction of sp³-hybridized carbons (Fsp3) is 0.0189. The van der Waals surface area contributed by atoms with Gasteiger partial charge in [0, 0.05) is 26.6 Å². The molecule has 1 aliphatic carbocycles. The van der Waals surface area contributed by atoms with Crippen LogP contribution in [0.2, 0.25) is 0 Å². The smallest absolute Gasteiger partial charge is 0.0736 e. The van der Waals surface area contributed by atoms with E-state index >= 15 is 0 Å². The van der Waals surface area contributed by atoms with Crippen molar-refractivity contribution in [3.8, 4) is 33.4 Å². The zero-order valence-corrected chi connectivity index (χ0v) is 30.9. The standard InChI is InChI=1S/C53H35NS/c1-3-16-36(17-4-1)37-30-33-40(34-31-37)54(47-26-12-9-21-41(47)38-18-5-2-6-19-38)48-27-15-25-45-52(48)51-42-22-8-7-20-39(42)32-35-46(51)53(45)43-23-10-13-28-49(43)55-50-29-14-11-24-44(50)53/h1-35H. The fourth-order valence-corrected chi connectivity index (χ4v) is 10.4. The Morgan fingerprint density at radius 3 is 1.64 bits per heavy atom. The molecular formula is C53H35NS. The Hall–Kier alpha value is -6.61. The van der Waals surface area contributed by atoms with E-state index in [0.29, 0.717) is 0 Å². The topological polar surface area (TPSA) is 3.24 Å². The molecule has 0 saturated heterocycles. The van der Waals surface area contributed by atoms with Gasteiger partial charge in [0.1, 0.15) is 0 Å². The van der Waals surface area contributed by atoms with Crippen molar-refractivity contribution in [1.29, 1.82) is 0 Å². The van der Waals surface area contributed by atoms with Gasteiger partial charge in [0.25, 0.3) is 0 Å². The molecular weight excluding hydrogens is 683 g/mol. The van der Waals surface area contributed by atoms with Crippen LogP contribution in [0, 0.1) is 0 Å². The van der Waals surface area contributed by atoms with Gasteiger partial charge in [-0.2, -0.15) is 0 Å². The monoisotopic (exact) mass is 717 g/mol. The minimum atomic E-state index is -0.495. The van der Waals surface area contributed by atoms with Gasteiger partial charge in [-0.15, -0.1) is 0 Å². The summed E-state index contributed by atoms with van der Waals surface area (Å²) in [5.74, 6) is 0. The van der Waals surface area contributed by atoms with E-state index in [-0.39, 0.29) is 0 Å². The maximum Gasteiger partial charge on any atom is 0.0736 e. The number of hydrogen-bond donors (Lipinski definition) is 0. The van der Waals surface area contributed by atoms with E-state index in [9.17, 15) is 0 Å². The Balaban J connectivity index is 1.26. The molecule has 258 valence electrons. The molecule has 0 fully saturated rings. The minimum Gasteiger partial charge on any atom is -0.309 e. The second-order valence-electron chi connectivity index (χ2n) is 14.4. The second-order valence-corrected chi connectivity index (χ2v) is 15.5. The molecule has 1 heterocycles. The zero-order valence-electron chi connectivity index (χ0n) is 30.1. The van der Waals surface area contributed by atoms with Gasteiger partial charge in [-0.3, -0.25) is 0 Å². The third kappa shape index (κ3) is 4.82. The Kier molecular flexibility index (Phi) is 7.40. The van der Waals surface area contributed by atoms with E-state index in [1.165, 1.54) is 76.2 Å². The molecule has 2 aliphatic rings. The molecule has 1 nitrogen and oxygen atoms in total. The van der Waals surface area contributed by atoms with Crippen molar-refractivity contribution < 1.29 is 0 Å². The third-order valence-corrected chi connectivity index (χ3v) is 12.7. The molecule has 0 N–H and O–H groups in total. The summed E-state index contributed by atoms with van der Waals surface area (Å²) in [7, 11) is 0. The maximum atomic E-state index is 2.51. The van der Waals surface area contributed by atoms with Crippen LogP contribution >= 0.6 is 11.8 Å². The SMILES string of the molecule is c1ccc(-c2ccc(N(c3ccccc3-c3ccccc3)c3cccc4c3-c3c(ccc5ccccc35)C43c4ccccc4Sc4ccccc43)cc2)cc1. The third-order valence-electron chi connectivity index (χ3n) is 11.5. The average Bonchev–Trinajstić information content (AvgIpc) is 3.56. The molecule has 0 radical (unpaired) electrons. The highest BCUT2D eigenvalue weighted by Crippen LogP contribution is 2.65. The predicted molar refractivity (Wildman–Crippen MR) is 231 cm³/mol. The summed E-state index contributed by atoms with van der Waals surface area (Å²) in [4.78, 5) is 5.12. The number of para-hydroxylation sites is 1. The lowest BCUT2D eigenvalue weighted by molar-refractivity contribution is 0.723. The van der Waals surface area contributed by atoms with Crippen molar-refractivity contribution in [3.63, 3.8) is 0 Å². The highest BCUT2D eigenvalue weighted by molar-refractivity contribution is 7.99. The molecule has 9 aromatic carbocycles. The van der Waals surface area contributed by atoms with Gasteiger partial charge in [0.05, 0.1) is 16.8 Å². The molecule has 2 heteroatoms. The van der Waals surface area contributed by atoms with Crippen LogP contribution in [-0.4, -0.2) is 0 Å². The number of fused-ring (bicyclic) bond motifs is 11. The van der Waals surface area contributed by atoms with Crippen molar-refractivity contribution in [1.82, 2.24) is 0 Å². The van der Waals surface area contributed by atoms with Crippen LogP contribution in [0.3, 0.4) is 0 Å². The van der Waals surface area contributed by atoms with Crippen LogP contribution in [0.4, 0.5) is 17.1 Å². The summed E-state index contributed by atoms with van der Waals surface area (Å²) >= 11 is 1.89. The lowest BCUT2D eigenvalue weighted by Gasteiger charge is -2.40. The Labute approximate surface area is 326 Å². The van der Waals surface area contributed by atoms with E-state index in [2.05, 4.69) is 217 Å². The maximum absolute atomic E-state index is 2.51. The van der Waals surface area contributed by atoms with Crippen LogP contribution in [0.25, 0.3) is 44.2 Å². The van der Waals surface area contributed by atoms with Crippen LogP contribution < -0.4 is 4.90 Å². The van der Waals surface area contributed by atoms with Gasteiger partial charge in [0.15, 0.2) is 0 Å². The summed E-state index contributed by atoms with van der Waals surface area (Å²) < 4.78 is 0. The number of hydrogen-bond acceptors (Lipinski definition) is 2. The summed E-state index contributed by atoms with van der Waals surface area (Å²) in [6.07, 6.45) is 0. The average molecular weight is 718 g/mol. The highest BCUT2D eigenvalue weighted by Gasteiger charge is 2.51. The molecule has 0 saturated carbocycles. The second kappa shape index (κ2) is 12.8. The van der Waals surface area contributed by atoms with Crippen LogP contribution in [0.15, 0.2) is 222 Å². The van der Waals surface area contributed by atoms with Crippen LogP contribution in [0.5, 0.6) is 0 Å². The minimum absolute atomic E-state index is 0.495. The van der Waals surface area contributed by atoms with E-state index in [1.54, 1.807) is 0 Å². The molecule has 55 heavy (non-hydrogen) atoms. The first-order chi connectivity index (χ1) is 27.3. The van der Waals surface area contributed by atoms with Gasteiger partial charge in [-0.1, -0.05) is 188 Å². The molecule has 0 unspecified atom stereocenters. The first-order valence-corrected chi connectivity index (χ1v) is 19.8. The van der Waals surface area contributed by atoms with Crippen molar-refractivity contribution >= 4 is 39.6 Å². The Bertz CT molecular complexity index is 2850. The molecule has 1 aliphatic heterocycles. The van der Waals surface area contributed by atoms with E-state index in [1.807, 2.05) is 11.8 Å². The fourth-order valence-electron chi connectivity index (χ4n) is 9.25. The molecule has 0 amide bonds. The Morgan fingerprint density at radius 1 is 0.345 bits per heavy atom. The lowest BCUT2D eigenvalue weighted by atomic mass is 9.67. The van der Waals surface area contributed by atoms with Crippen LogP contribution in [0.1, 0.15) is 22.3 Å². The zero-order chi connectivity index (χ0) is 36.3. The first kappa shape index (κ1) is 31.9. The molecule has 9 aromatic rings. The molecule has 0 atom stereocenters. The molecule has 1 spiro atoms. The summed E-state index contributed by atoms with van der Waals surface area (Å²) in [5.41, 5.74) is 15.6. The molecule has 0 aromatic heterocycles. The predicted octanol–water partition coefficient (Wildman–Crippen LogP) is 14.5. The van der Waals surface area contributed by atoms with Gasteiger partial charge in [-0.25, -0.2) is 0 Å². The first-order valence-electron chi connectivity index (χ1n) is 18.9.